The van der Waals surface area contributed by atoms with E-state index in [0.717, 1.165) is 54.5 Å². The van der Waals surface area contributed by atoms with Gasteiger partial charge in [0.2, 0.25) is 0 Å². The molecule has 140 valence electrons. The predicted molar refractivity (Wildman–Crippen MR) is 107 cm³/mol. The molecule has 0 amide bonds. The molecule has 28 heavy (non-hydrogen) atoms. The van der Waals surface area contributed by atoms with Crippen LogP contribution in [0.4, 0.5) is 11.6 Å². The molecule has 8 heteroatoms. The highest BCUT2D eigenvalue weighted by Gasteiger charge is 2.20. The lowest BCUT2D eigenvalue weighted by Gasteiger charge is -2.33. The number of piperidine rings is 1. The van der Waals surface area contributed by atoms with Crippen LogP contribution in [-0.4, -0.2) is 48.7 Å². The summed E-state index contributed by atoms with van der Waals surface area (Å²) in [5, 5.41) is 8.35. The largest absolute Gasteiger partial charge is 0.366 e. The average molecular weight is 372 g/mol. The molecule has 0 spiro atoms. The van der Waals surface area contributed by atoms with Crippen molar-refractivity contribution in [2.45, 2.75) is 18.9 Å². The lowest BCUT2D eigenvalue weighted by Crippen LogP contribution is -2.39. The summed E-state index contributed by atoms with van der Waals surface area (Å²) in [4.78, 5) is 19.4. The van der Waals surface area contributed by atoms with Crippen molar-refractivity contribution in [3.05, 3.63) is 61.4 Å². The van der Waals surface area contributed by atoms with Crippen molar-refractivity contribution in [1.29, 1.82) is 0 Å². The van der Waals surface area contributed by atoms with Gasteiger partial charge in [0.15, 0.2) is 5.65 Å². The van der Waals surface area contributed by atoms with Crippen LogP contribution in [0.25, 0.3) is 16.9 Å². The second-order valence-corrected chi connectivity index (χ2v) is 6.84. The fraction of sp³-hybridized carbons (Fsp3) is 0.250. The van der Waals surface area contributed by atoms with Crippen LogP contribution in [0.1, 0.15) is 12.8 Å². The van der Waals surface area contributed by atoms with Crippen molar-refractivity contribution in [3.63, 3.8) is 0 Å². The monoisotopic (exact) mass is 372 g/mol. The summed E-state index contributed by atoms with van der Waals surface area (Å²) in [5.74, 6) is 1.81. The van der Waals surface area contributed by atoms with Gasteiger partial charge in [-0.2, -0.15) is 0 Å². The minimum atomic E-state index is 0.380. The van der Waals surface area contributed by atoms with Gasteiger partial charge in [-0.25, -0.2) is 14.5 Å². The molecule has 0 saturated carbocycles. The van der Waals surface area contributed by atoms with Crippen molar-refractivity contribution in [2.75, 3.05) is 23.3 Å². The maximum absolute atomic E-state index is 4.77. The Morgan fingerprint density at radius 1 is 0.857 bits per heavy atom. The second-order valence-electron chi connectivity index (χ2n) is 6.84. The SMILES string of the molecule is c1cc(-c2cnc3ccc(NC4CCN(c5cnccn5)CC4)nn23)ccn1. The lowest BCUT2D eigenvalue weighted by molar-refractivity contribution is 0.521. The molecule has 1 aliphatic rings. The summed E-state index contributed by atoms with van der Waals surface area (Å²) in [7, 11) is 0. The summed E-state index contributed by atoms with van der Waals surface area (Å²) in [6.07, 6.45) is 12.7. The van der Waals surface area contributed by atoms with Crippen LogP contribution >= 0.6 is 0 Å². The minimum absolute atomic E-state index is 0.380. The summed E-state index contributed by atoms with van der Waals surface area (Å²) < 4.78 is 1.88. The van der Waals surface area contributed by atoms with E-state index in [-0.39, 0.29) is 0 Å². The summed E-state index contributed by atoms with van der Waals surface area (Å²) in [5.41, 5.74) is 2.83. The van der Waals surface area contributed by atoms with Crippen LogP contribution in [0.15, 0.2) is 61.4 Å². The number of rotatable bonds is 4. The molecule has 1 N–H and O–H groups in total. The van der Waals surface area contributed by atoms with Gasteiger partial charge >= 0.3 is 0 Å². The molecule has 0 atom stereocenters. The van der Waals surface area contributed by atoms with E-state index in [0.29, 0.717) is 6.04 Å². The molecule has 4 aromatic rings. The third-order valence-electron chi connectivity index (χ3n) is 5.06. The van der Waals surface area contributed by atoms with E-state index in [1.54, 1.807) is 24.8 Å². The third-order valence-corrected chi connectivity index (χ3v) is 5.06. The number of imidazole rings is 1. The fourth-order valence-corrected chi connectivity index (χ4v) is 3.59. The molecule has 5 heterocycles. The zero-order valence-corrected chi connectivity index (χ0v) is 15.3. The Morgan fingerprint density at radius 2 is 1.71 bits per heavy atom. The predicted octanol–water partition coefficient (Wildman–Crippen LogP) is 2.66. The molecule has 0 unspecified atom stereocenters. The number of hydrogen-bond donors (Lipinski definition) is 1. The smallest absolute Gasteiger partial charge is 0.154 e. The Bertz CT molecular complexity index is 1060. The van der Waals surface area contributed by atoms with Crippen molar-refractivity contribution in [2.24, 2.45) is 0 Å². The molecule has 5 rings (SSSR count). The van der Waals surface area contributed by atoms with Gasteiger partial charge in [-0.15, -0.1) is 5.10 Å². The molecule has 0 radical (unpaired) electrons. The number of anilines is 2. The highest BCUT2D eigenvalue weighted by atomic mass is 15.3. The Balaban J connectivity index is 1.31. The molecule has 0 aliphatic carbocycles. The maximum atomic E-state index is 4.77. The number of fused-ring (bicyclic) bond motifs is 1. The van der Waals surface area contributed by atoms with E-state index in [1.165, 1.54) is 0 Å². The van der Waals surface area contributed by atoms with Crippen LogP contribution in [0.3, 0.4) is 0 Å². The Labute approximate surface area is 162 Å². The number of aromatic nitrogens is 6. The molecule has 8 nitrogen and oxygen atoms in total. The average Bonchev–Trinajstić information content (AvgIpc) is 3.19. The first-order valence-corrected chi connectivity index (χ1v) is 9.39. The normalized spacial score (nSPS) is 15.1. The fourth-order valence-electron chi connectivity index (χ4n) is 3.59. The first-order valence-electron chi connectivity index (χ1n) is 9.39. The Morgan fingerprint density at radius 3 is 2.50 bits per heavy atom. The number of pyridine rings is 1. The standard InChI is InChI=1S/C20H20N8/c1-2-19-24-13-17(15-3-7-21-8-4-15)28(19)26-18(1)25-16-5-11-27(12-6-16)20-14-22-9-10-23-20/h1-4,7-10,13-14,16H,5-6,11-12H2,(H,25,26). The molecule has 1 saturated heterocycles. The van der Waals surface area contributed by atoms with Gasteiger partial charge in [-0.1, -0.05) is 0 Å². The number of hydrogen-bond acceptors (Lipinski definition) is 7. The van der Waals surface area contributed by atoms with E-state index in [9.17, 15) is 0 Å². The lowest BCUT2D eigenvalue weighted by atomic mass is 10.1. The molecule has 0 aromatic carbocycles. The second kappa shape index (κ2) is 7.22. The van der Waals surface area contributed by atoms with Crippen LogP contribution in [0.5, 0.6) is 0 Å². The first-order chi connectivity index (χ1) is 13.9. The van der Waals surface area contributed by atoms with Gasteiger partial charge in [0, 0.05) is 49.5 Å². The summed E-state index contributed by atoms with van der Waals surface area (Å²) in [6, 6.07) is 8.30. The van der Waals surface area contributed by atoms with Gasteiger partial charge < -0.3 is 10.2 Å². The number of nitrogens with zero attached hydrogens (tertiary/aromatic N) is 7. The van der Waals surface area contributed by atoms with Gasteiger partial charge in [0.1, 0.15) is 11.6 Å². The maximum Gasteiger partial charge on any atom is 0.154 e. The van der Waals surface area contributed by atoms with E-state index in [4.69, 9.17) is 5.10 Å². The highest BCUT2D eigenvalue weighted by Crippen LogP contribution is 2.22. The number of nitrogens with one attached hydrogen (secondary N) is 1. The molecular weight excluding hydrogens is 352 g/mol. The van der Waals surface area contributed by atoms with Crippen LogP contribution in [0, 0.1) is 0 Å². The van der Waals surface area contributed by atoms with Gasteiger partial charge in [-0.3, -0.25) is 9.97 Å². The zero-order valence-electron chi connectivity index (χ0n) is 15.3. The van der Waals surface area contributed by atoms with Crippen molar-refractivity contribution >= 4 is 17.3 Å². The van der Waals surface area contributed by atoms with Crippen molar-refractivity contribution < 1.29 is 0 Å². The third kappa shape index (κ3) is 3.24. The van der Waals surface area contributed by atoms with Crippen LogP contribution in [-0.2, 0) is 0 Å². The van der Waals surface area contributed by atoms with Crippen molar-refractivity contribution in [3.8, 4) is 11.3 Å². The van der Waals surface area contributed by atoms with E-state index in [2.05, 4.69) is 30.2 Å². The minimum Gasteiger partial charge on any atom is -0.366 e. The van der Waals surface area contributed by atoms with Crippen LogP contribution < -0.4 is 10.2 Å². The van der Waals surface area contributed by atoms with E-state index < -0.39 is 0 Å². The quantitative estimate of drug-likeness (QED) is 0.589. The molecule has 1 fully saturated rings. The Kier molecular flexibility index (Phi) is 4.29. The van der Waals surface area contributed by atoms with E-state index in [1.807, 2.05) is 41.2 Å². The molecule has 4 aromatic heterocycles. The van der Waals surface area contributed by atoms with Gasteiger partial charge in [0.25, 0.3) is 0 Å². The summed E-state index contributed by atoms with van der Waals surface area (Å²) in [6.45, 7) is 1.90. The molecular formula is C20H20N8. The van der Waals surface area contributed by atoms with E-state index >= 15 is 0 Å². The molecule has 1 aliphatic heterocycles. The van der Waals surface area contributed by atoms with Crippen molar-refractivity contribution in [1.82, 2.24) is 29.5 Å². The van der Waals surface area contributed by atoms with Crippen LogP contribution in [0.2, 0.25) is 0 Å². The highest BCUT2D eigenvalue weighted by molar-refractivity contribution is 5.63. The summed E-state index contributed by atoms with van der Waals surface area (Å²) >= 11 is 0. The van der Waals surface area contributed by atoms with Gasteiger partial charge in [0.05, 0.1) is 18.1 Å². The molecule has 0 bridgehead atoms. The first kappa shape index (κ1) is 16.6. The topological polar surface area (TPSA) is 84.1 Å². The van der Waals surface area contributed by atoms with Gasteiger partial charge in [-0.05, 0) is 37.1 Å². The Hall–Kier alpha value is -3.55. The zero-order chi connectivity index (χ0) is 18.8.